The highest BCUT2D eigenvalue weighted by Gasteiger charge is 2.53. The molecule has 212 valence electrons. The van der Waals surface area contributed by atoms with Gasteiger partial charge in [-0.3, -0.25) is 9.59 Å². The Hall–Kier alpha value is -3.11. The molecule has 2 N–H and O–H groups in total. The molecule has 2 amide bonds. The molecule has 10 heteroatoms. The Balaban J connectivity index is 1.54. The number of halogens is 2. The van der Waals surface area contributed by atoms with Crippen molar-refractivity contribution in [2.24, 2.45) is 5.92 Å². The molecule has 1 aromatic heterocycles. The van der Waals surface area contributed by atoms with Crippen LogP contribution in [0.5, 0.6) is 5.88 Å². The van der Waals surface area contributed by atoms with Gasteiger partial charge in [0.2, 0.25) is 17.7 Å². The van der Waals surface area contributed by atoms with Gasteiger partial charge in [0.1, 0.15) is 11.1 Å². The first-order chi connectivity index (χ1) is 18.6. The lowest BCUT2D eigenvalue weighted by molar-refractivity contribution is -0.145. The van der Waals surface area contributed by atoms with Crippen LogP contribution in [0, 0.1) is 12.8 Å². The summed E-state index contributed by atoms with van der Waals surface area (Å²) in [4.78, 5) is 35.1. The fourth-order valence-corrected chi connectivity index (χ4v) is 5.63. The predicted molar refractivity (Wildman–Crippen MR) is 144 cm³/mol. The number of aryl methyl sites for hydroxylation is 1. The summed E-state index contributed by atoms with van der Waals surface area (Å²) in [6.45, 7) is 5.58. The summed E-state index contributed by atoms with van der Waals surface area (Å²) in [6.07, 6.45) is 2.22. The third kappa shape index (κ3) is 6.55. The van der Waals surface area contributed by atoms with Gasteiger partial charge in [0.05, 0.1) is 6.61 Å². The normalized spacial score (nSPS) is 17.8. The van der Waals surface area contributed by atoms with Gasteiger partial charge < -0.3 is 25.0 Å². The Morgan fingerprint density at radius 2 is 1.85 bits per heavy atom. The lowest BCUT2D eigenvalue weighted by Gasteiger charge is -2.50. The van der Waals surface area contributed by atoms with E-state index in [1.54, 1.807) is 17.9 Å². The van der Waals surface area contributed by atoms with E-state index in [0.717, 1.165) is 37.1 Å². The van der Waals surface area contributed by atoms with Crippen molar-refractivity contribution in [3.05, 3.63) is 53.2 Å². The third-order valence-corrected chi connectivity index (χ3v) is 7.84. The molecule has 8 nitrogen and oxygen atoms in total. The Morgan fingerprint density at radius 3 is 2.49 bits per heavy atom. The lowest BCUT2D eigenvalue weighted by atomic mass is 9.69. The van der Waals surface area contributed by atoms with Crippen molar-refractivity contribution in [1.29, 1.82) is 0 Å². The molecule has 4 rings (SSSR count). The number of alkyl halides is 2. The molecule has 0 aliphatic carbocycles. The molecule has 0 saturated carbocycles. The molecule has 3 heterocycles. The average Bonchev–Trinajstić information content (AvgIpc) is 2.86. The van der Waals surface area contributed by atoms with Crippen molar-refractivity contribution in [3.63, 3.8) is 0 Å². The van der Waals surface area contributed by atoms with Crippen LogP contribution in [0.4, 0.5) is 14.5 Å². The first-order valence-corrected chi connectivity index (χ1v) is 13.6. The number of carbonyl (C=O) groups excluding carboxylic acids is 2. The van der Waals surface area contributed by atoms with Gasteiger partial charge in [-0.15, -0.1) is 0 Å². The Labute approximate surface area is 228 Å². The highest BCUT2D eigenvalue weighted by Crippen LogP contribution is 2.41. The molecule has 2 fully saturated rings. The van der Waals surface area contributed by atoms with Crippen molar-refractivity contribution in [1.82, 2.24) is 14.8 Å². The smallest absolute Gasteiger partial charge is 0.388 e. The van der Waals surface area contributed by atoms with Crippen molar-refractivity contribution in [3.8, 4) is 5.88 Å². The molecule has 2 saturated heterocycles. The van der Waals surface area contributed by atoms with Crippen molar-refractivity contribution >= 4 is 17.5 Å². The van der Waals surface area contributed by atoms with Gasteiger partial charge >= 0.3 is 6.61 Å². The van der Waals surface area contributed by atoms with Crippen LogP contribution in [0.1, 0.15) is 55.8 Å². The zero-order chi connectivity index (χ0) is 28.2. The van der Waals surface area contributed by atoms with Gasteiger partial charge in [-0.05, 0) is 68.0 Å². The molecule has 0 bridgehead atoms. The van der Waals surface area contributed by atoms with E-state index in [2.05, 4.69) is 19.9 Å². The van der Waals surface area contributed by atoms with Crippen molar-refractivity contribution in [2.75, 3.05) is 44.6 Å². The summed E-state index contributed by atoms with van der Waals surface area (Å²) in [6, 6.07) is 10.8. The standard InChI is InChI=1S/C29H38F2N4O4/c1-19(2)22-6-4-5-7-23(22)29(27(38)33-24-9-8-20(3)32-26(24)39-28(30)31)17-35(18-29)25(37)16-21-10-12-34(13-11-21)14-15-36/h4-9,19,21,28,36H,10-18H2,1-3H3,(H,33,38). The monoisotopic (exact) mass is 544 g/mol. The molecular formula is C29H38F2N4O4. The summed E-state index contributed by atoms with van der Waals surface area (Å²) >= 11 is 0. The molecule has 0 radical (unpaired) electrons. The van der Waals surface area contributed by atoms with Crippen LogP contribution in [-0.4, -0.2) is 77.6 Å². The Morgan fingerprint density at radius 1 is 1.15 bits per heavy atom. The minimum Gasteiger partial charge on any atom is -0.415 e. The third-order valence-electron chi connectivity index (χ3n) is 7.84. The molecule has 2 aliphatic heterocycles. The number of carbonyl (C=O) groups is 2. The molecule has 0 spiro atoms. The number of hydrogen-bond acceptors (Lipinski definition) is 6. The van der Waals surface area contributed by atoms with Gasteiger partial charge in [0.25, 0.3) is 0 Å². The highest BCUT2D eigenvalue weighted by atomic mass is 19.3. The van der Waals surface area contributed by atoms with Gasteiger partial charge in [0, 0.05) is 31.7 Å². The Kier molecular flexibility index (Phi) is 9.17. The zero-order valence-corrected chi connectivity index (χ0v) is 22.8. The van der Waals surface area contributed by atoms with Crippen LogP contribution in [0.2, 0.25) is 0 Å². The van der Waals surface area contributed by atoms with Gasteiger partial charge in [-0.2, -0.15) is 8.78 Å². The molecule has 0 unspecified atom stereocenters. The number of benzene rings is 1. The number of rotatable bonds is 10. The van der Waals surface area contributed by atoms with E-state index >= 15 is 0 Å². The SMILES string of the molecule is Cc1ccc(NC(=O)C2(c3ccccc3C(C)C)CN(C(=O)CC3CCN(CCO)CC3)C2)c(OC(F)F)n1. The number of nitrogens with zero attached hydrogens (tertiary/aromatic N) is 3. The van der Waals surface area contributed by atoms with Crippen LogP contribution in [-0.2, 0) is 15.0 Å². The second-order valence-electron chi connectivity index (χ2n) is 10.9. The quantitative estimate of drug-likeness (QED) is 0.471. The maximum atomic E-state index is 13.9. The summed E-state index contributed by atoms with van der Waals surface area (Å²) in [5, 5.41) is 11.9. The zero-order valence-electron chi connectivity index (χ0n) is 22.8. The highest BCUT2D eigenvalue weighted by molar-refractivity contribution is 6.02. The van der Waals surface area contributed by atoms with Gasteiger partial charge in [-0.1, -0.05) is 38.1 Å². The van der Waals surface area contributed by atoms with Crippen LogP contribution < -0.4 is 10.1 Å². The minimum atomic E-state index is -3.09. The van der Waals surface area contributed by atoms with Gasteiger partial charge in [-0.25, -0.2) is 4.98 Å². The molecule has 1 aromatic carbocycles. The van der Waals surface area contributed by atoms with E-state index in [9.17, 15) is 18.4 Å². The second-order valence-corrected chi connectivity index (χ2v) is 10.9. The van der Waals surface area contributed by atoms with E-state index in [0.29, 0.717) is 18.7 Å². The summed E-state index contributed by atoms with van der Waals surface area (Å²) in [5.41, 5.74) is 1.34. The van der Waals surface area contributed by atoms with E-state index in [1.165, 1.54) is 6.07 Å². The number of aromatic nitrogens is 1. The Bertz CT molecular complexity index is 1160. The summed E-state index contributed by atoms with van der Waals surface area (Å²) in [5.74, 6) is -0.308. The number of pyridine rings is 1. The molecule has 0 atom stereocenters. The number of β-amino-alcohol motifs (C(OH)–C–C–N with tert-alkyl or cyclic N) is 1. The fourth-order valence-electron chi connectivity index (χ4n) is 5.63. The van der Waals surface area contributed by atoms with Crippen LogP contribution in [0.3, 0.4) is 0 Å². The van der Waals surface area contributed by atoms with Crippen LogP contribution >= 0.6 is 0 Å². The fraction of sp³-hybridized carbons (Fsp3) is 0.552. The summed E-state index contributed by atoms with van der Waals surface area (Å²) < 4.78 is 30.7. The number of aliphatic hydroxyl groups excluding tert-OH is 1. The number of likely N-dealkylation sites (tertiary alicyclic amines) is 2. The number of piperidine rings is 1. The second kappa shape index (κ2) is 12.4. The topological polar surface area (TPSA) is 95.0 Å². The first kappa shape index (κ1) is 28.9. The molecule has 2 aliphatic rings. The van der Waals surface area contributed by atoms with Crippen LogP contribution in [0.15, 0.2) is 36.4 Å². The predicted octanol–water partition coefficient (Wildman–Crippen LogP) is 3.93. The number of nitrogens with one attached hydrogen (secondary N) is 1. The van der Waals surface area contributed by atoms with Crippen LogP contribution in [0.25, 0.3) is 0 Å². The lowest BCUT2D eigenvalue weighted by Crippen LogP contribution is -2.66. The number of aliphatic hydroxyl groups is 1. The number of ether oxygens (including phenoxy) is 1. The maximum absolute atomic E-state index is 13.9. The van der Waals surface area contributed by atoms with Crippen molar-refractivity contribution < 1.29 is 28.2 Å². The average molecular weight is 545 g/mol. The first-order valence-electron chi connectivity index (χ1n) is 13.6. The van der Waals surface area contributed by atoms with E-state index in [-0.39, 0.29) is 54.9 Å². The van der Waals surface area contributed by atoms with E-state index < -0.39 is 12.0 Å². The van der Waals surface area contributed by atoms with Crippen molar-refractivity contribution in [2.45, 2.75) is 58.0 Å². The molecular weight excluding hydrogens is 506 g/mol. The molecule has 39 heavy (non-hydrogen) atoms. The number of hydrogen-bond donors (Lipinski definition) is 2. The van der Waals surface area contributed by atoms with Gasteiger partial charge in [0.15, 0.2) is 0 Å². The largest absolute Gasteiger partial charge is 0.415 e. The minimum absolute atomic E-state index is 0.0137. The number of anilines is 1. The maximum Gasteiger partial charge on any atom is 0.388 e. The molecule has 2 aromatic rings. The summed E-state index contributed by atoms with van der Waals surface area (Å²) in [7, 11) is 0. The van der Waals surface area contributed by atoms with E-state index in [4.69, 9.17) is 5.11 Å². The van der Waals surface area contributed by atoms with E-state index in [1.807, 2.05) is 38.1 Å². The number of amides is 2.